The van der Waals surface area contributed by atoms with Gasteiger partial charge in [0.25, 0.3) is 0 Å². The van der Waals surface area contributed by atoms with Crippen molar-refractivity contribution in [3.05, 3.63) is 70.7 Å². The maximum Gasteiger partial charge on any atom is 0.242 e. The van der Waals surface area contributed by atoms with Crippen LogP contribution in [0.15, 0.2) is 54.6 Å². The zero-order valence-electron chi connectivity index (χ0n) is 17.9. The summed E-state index contributed by atoms with van der Waals surface area (Å²) >= 11 is 7.73. The molecule has 0 unspecified atom stereocenters. The van der Waals surface area contributed by atoms with E-state index in [-0.39, 0.29) is 17.9 Å². The molecule has 1 N–H and O–H groups in total. The number of nitrogens with one attached hydrogen (secondary N) is 1. The quantitative estimate of drug-likeness (QED) is 0.531. The van der Waals surface area contributed by atoms with Crippen molar-refractivity contribution in [2.45, 2.75) is 51.4 Å². The highest BCUT2D eigenvalue weighted by Crippen LogP contribution is 2.21. The third-order valence-corrected chi connectivity index (χ3v) is 6.43. The molecule has 0 fully saturated rings. The average Bonchev–Trinajstić information content (AvgIpc) is 2.75. The molecule has 2 aromatic rings. The second kappa shape index (κ2) is 12.7. The van der Waals surface area contributed by atoms with Gasteiger partial charge in [0.15, 0.2) is 0 Å². The Labute approximate surface area is 189 Å². The molecule has 0 radical (unpaired) electrons. The molecule has 30 heavy (non-hydrogen) atoms. The van der Waals surface area contributed by atoms with E-state index in [2.05, 4.69) is 5.32 Å². The van der Waals surface area contributed by atoms with Gasteiger partial charge in [0, 0.05) is 23.4 Å². The van der Waals surface area contributed by atoms with E-state index >= 15 is 0 Å². The fourth-order valence-corrected chi connectivity index (χ4v) is 4.18. The van der Waals surface area contributed by atoms with E-state index in [1.165, 1.54) is 11.8 Å². The molecule has 2 rings (SSSR count). The highest BCUT2D eigenvalue weighted by Gasteiger charge is 2.26. The van der Waals surface area contributed by atoms with E-state index < -0.39 is 6.04 Å². The Morgan fingerprint density at radius 1 is 1.07 bits per heavy atom. The highest BCUT2D eigenvalue weighted by molar-refractivity contribution is 7.99. The molecule has 2 atom stereocenters. The number of hydrogen-bond acceptors (Lipinski definition) is 3. The van der Waals surface area contributed by atoms with E-state index in [1.807, 2.05) is 68.4 Å². The van der Waals surface area contributed by atoms with Crippen LogP contribution in [0.5, 0.6) is 0 Å². The fraction of sp³-hybridized carbons (Fsp3) is 0.417. The summed E-state index contributed by atoms with van der Waals surface area (Å²) in [6, 6.07) is 17.2. The first-order valence-electron chi connectivity index (χ1n) is 10.4. The molecule has 2 aromatic carbocycles. The Hall–Kier alpha value is -1.98. The van der Waals surface area contributed by atoms with Gasteiger partial charge in [-0.05, 0) is 43.9 Å². The second-order valence-corrected chi connectivity index (χ2v) is 8.79. The molecule has 4 nitrogen and oxygen atoms in total. The van der Waals surface area contributed by atoms with Crippen LogP contribution >= 0.6 is 23.4 Å². The monoisotopic (exact) mass is 446 g/mol. The lowest BCUT2D eigenvalue weighted by atomic mass is 10.1. The van der Waals surface area contributed by atoms with Crippen molar-refractivity contribution >= 4 is 35.2 Å². The minimum Gasteiger partial charge on any atom is -0.352 e. The maximum absolute atomic E-state index is 13.0. The number of rotatable bonds is 11. The van der Waals surface area contributed by atoms with Crippen molar-refractivity contribution in [1.29, 1.82) is 0 Å². The van der Waals surface area contributed by atoms with Gasteiger partial charge in [0.05, 0.1) is 5.75 Å². The summed E-state index contributed by atoms with van der Waals surface area (Å²) < 4.78 is 0. The Bertz CT molecular complexity index is 816. The molecule has 0 spiro atoms. The largest absolute Gasteiger partial charge is 0.352 e. The number of carbonyl (C=O) groups is 2. The first-order valence-corrected chi connectivity index (χ1v) is 11.9. The third kappa shape index (κ3) is 7.69. The van der Waals surface area contributed by atoms with E-state index in [9.17, 15) is 9.59 Å². The molecule has 6 heteroatoms. The normalized spacial score (nSPS) is 12.8. The standard InChI is InChI=1S/C24H31ClN2O2S/c1-4-18(2)26-24(29)19(3)27(15-14-20-10-6-5-7-11-20)23(28)17-30-16-21-12-8-9-13-22(21)25/h5-13,18-19H,4,14-17H2,1-3H3,(H,26,29)/t18-,19+/m1/s1. The molecule has 0 aliphatic rings. The molecule has 162 valence electrons. The summed E-state index contributed by atoms with van der Waals surface area (Å²) in [5, 5.41) is 3.70. The van der Waals surface area contributed by atoms with E-state index in [1.54, 1.807) is 11.8 Å². The van der Waals surface area contributed by atoms with Crippen LogP contribution in [0.25, 0.3) is 0 Å². The molecule has 2 amide bonds. The molecule has 0 aliphatic carbocycles. The number of halogens is 1. The zero-order chi connectivity index (χ0) is 21.9. The molecular weight excluding hydrogens is 416 g/mol. The van der Waals surface area contributed by atoms with Crippen molar-refractivity contribution in [3.8, 4) is 0 Å². The Morgan fingerprint density at radius 2 is 1.73 bits per heavy atom. The van der Waals surface area contributed by atoms with Crippen LogP contribution in [0.2, 0.25) is 5.02 Å². The lowest BCUT2D eigenvalue weighted by Crippen LogP contribution is -2.51. The minimum atomic E-state index is -0.517. The van der Waals surface area contributed by atoms with Gasteiger partial charge in [-0.15, -0.1) is 11.8 Å². The summed E-state index contributed by atoms with van der Waals surface area (Å²) in [5.74, 6) is 0.823. The number of hydrogen-bond donors (Lipinski definition) is 1. The molecule has 0 bridgehead atoms. The first kappa shape index (κ1) is 24.3. The zero-order valence-corrected chi connectivity index (χ0v) is 19.5. The average molecular weight is 447 g/mol. The van der Waals surface area contributed by atoms with Gasteiger partial charge < -0.3 is 10.2 Å². The highest BCUT2D eigenvalue weighted by atomic mass is 35.5. The third-order valence-electron chi connectivity index (χ3n) is 5.09. The predicted molar refractivity (Wildman–Crippen MR) is 127 cm³/mol. The number of benzene rings is 2. The number of nitrogens with zero attached hydrogens (tertiary/aromatic N) is 1. The summed E-state index contributed by atoms with van der Waals surface area (Å²) in [4.78, 5) is 27.4. The Kier molecular flexibility index (Phi) is 10.2. The van der Waals surface area contributed by atoms with E-state index in [0.29, 0.717) is 29.5 Å². The lowest BCUT2D eigenvalue weighted by molar-refractivity contribution is -0.138. The maximum atomic E-state index is 13.0. The summed E-state index contributed by atoms with van der Waals surface area (Å²) in [5.41, 5.74) is 2.16. The summed E-state index contributed by atoms with van der Waals surface area (Å²) in [6.45, 7) is 6.31. The van der Waals surface area contributed by atoms with Crippen LogP contribution in [-0.2, 0) is 21.8 Å². The topological polar surface area (TPSA) is 49.4 Å². The van der Waals surface area contributed by atoms with Crippen molar-refractivity contribution in [2.75, 3.05) is 12.3 Å². The van der Waals surface area contributed by atoms with Gasteiger partial charge in [0.1, 0.15) is 6.04 Å². The number of thioether (sulfide) groups is 1. The molecule has 0 saturated carbocycles. The second-order valence-electron chi connectivity index (χ2n) is 7.40. The van der Waals surface area contributed by atoms with E-state index in [0.717, 1.165) is 17.5 Å². The SMILES string of the molecule is CC[C@@H](C)NC(=O)[C@H](C)N(CCc1ccccc1)C(=O)CSCc1ccccc1Cl. The van der Waals surface area contributed by atoms with Crippen LogP contribution < -0.4 is 5.32 Å². The van der Waals surface area contributed by atoms with Gasteiger partial charge in [0.2, 0.25) is 11.8 Å². The summed E-state index contributed by atoms with van der Waals surface area (Å²) in [6.07, 6.45) is 1.56. The predicted octanol–water partition coefficient (Wildman–Crippen LogP) is 4.95. The summed E-state index contributed by atoms with van der Waals surface area (Å²) in [7, 11) is 0. The van der Waals surface area contributed by atoms with Crippen molar-refractivity contribution in [1.82, 2.24) is 10.2 Å². The molecular formula is C24H31ClN2O2S. The number of amides is 2. The van der Waals surface area contributed by atoms with Crippen molar-refractivity contribution in [3.63, 3.8) is 0 Å². The molecule has 0 heterocycles. The molecule has 0 aromatic heterocycles. The fourth-order valence-electron chi connectivity index (χ4n) is 2.98. The van der Waals surface area contributed by atoms with Crippen LogP contribution in [0.3, 0.4) is 0 Å². The van der Waals surface area contributed by atoms with Crippen molar-refractivity contribution in [2.24, 2.45) is 0 Å². The van der Waals surface area contributed by atoms with Crippen LogP contribution in [0.1, 0.15) is 38.3 Å². The van der Waals surface area contributed by atoms with E-state index in [4.69, 9.17) is 11.6 Å². The van der Waals surface area contributed by atoms with Gasteiger partial charge in [-0.2, -0.15) is 0 Å². The van der Waals surface area contributed by atoms with Crippen LogP contribution in [-0.4, -0.2) is 41.1 Å². The smallest absolute Gasteiger partial charge is 0.242 e. The van der Waals surface area contributed by atoms with Gasteiger partial charge >= 0.3 is 0 Å². The van der Waals surface area contributed by atoms with Crippen LogP contribution in [0, 0.1) is 0 Å². The Morgan fingerprint density at radius 3 is 2.40 bits per heavy atom. The van der Waals surface area contributed by atoms with Crippen LogP contribution in [0.4, 0.5) is 0 Å². The molecule has 0 aliphatic heterocycles. The lowest BCUT2D eigenvalue weighted by Gasteiger charge is -2.29. The first-order chi connectivity index (χ1) is 14.4. The number of carbonyl (C=O) groups excluding carboxylic acids is 2. The van der Waals surface area contributed by atoms with Gasteiger partial charge in [-0.1, -0.05) is 67.1 Å². The Balaban J connectivity index is 2.01. The van der Waals surface area contributed by atoms with Crippen molar-refractivity contribution < 1.29 is 9.59 Å². The van der Waals surface area contributed by atoms with Gasteiger partial charge in [-0.25, -0.2) is 0 Å². The minimum absolute atomic E-state index is 0.0326. The van der Waals surface area contributed by atoms with Gasteiger partial charge in [-0.3, -0.25) is 9.59 Å². The molecule has 0 saturated heterocycles.